The van der Waals surface area contributed by atoms with Gasteiger partial charge in [0.2, 0.25) is 0 Å². The van der Waals surface area contributed by atoms with E-state index in [0.717, 1.165) is 38.4 Å². The predicted molar refractivity (Wildman–Crippen MR) is 125 cm³/mol. The van der Waals surface area contributed by atoms with Crippen LogP contribution >= 0.6 is 11.6 Å². The summed E-state index contributed by atoms with van der Waals surface area (Å²) in [5, 5.41) is 0. The molecule has 0 N–H and O–H groups in total. The molecule has 2 nitrogen and oxygen atoms in total. The van der Waals surface area contributed by atoms with Crippen LogP contribution in [-0.2, 0) is 9.47 Å². The van der Waals surface area contributed by atoms with Gasteiger partial charge in [-0.3, -0.25) is 0 Å². The molecule has 0 aliphatic carbocycles. The molecule has 0 saturated carbocycles. The Kier molecular flexibility index (Phi) is 24.9. The Balaban J connectivity index is 3.83. The molecule has 168 valence electrons. The zero-order chi connectivity index (χ0) is 20.5. The van der Waals surface area contributed by atoms with Crippen molar-refractivity contribution < 1.29 is 9.47 Å². The molecule has 0 unspecified atom stereocenters. The third-order valence-electron chi connectivity index (χ3n) is 5.08. The highest BCUT2D eigenvalue weighted by Crippen LogP contribution is 2.13. The molecule has 0 fully saturated rings. The van der Waals surface area contributed by atoms with Crippen molar-refractivity contribution in [2.75, 3.05) is 19.1 Å². The minimum Gasteiger partial charge on any atom is -0.353 e. The zero-order valence-electron chi connectivity index (χ0n) is 19.1. The highest BCUT2D eigenvalue weighted by atomic mass is 35.5. The van der Waals surface area contributed by atoms with Crippen molar-refractivity contribution in [3.05, 3.63) is 12.2 Å². The lowest BCUT2D eigenvalue weighted by atomic mass is 10.1. The number of rotatable bonds is 23. The van der Waals surface area contributed by atoms with Gasteiger partial charge >= 0.3 is 0 Å². The molecular formula is C25H49ClO2. The van der Waals surface area contributed by atoms with Crippen molar-refractivity contribution in [3.63, 3.8) is 0 Å². The van der Waals surface area contributed by atoms with E-state index in [0.29, 0.717) is 0 Å². The molecule has 0 saturated heterocycles. The monoisotopic (exact) mass is 416 g/mol. The fourth-order valence-electron chi connectivity index (χ4n) is 3.24. The quantitative estimate of drug-likeness (QED) is 0.0716. The van der Waals surface area contributed by atoms with Gasteiger partial charge in [0.05, 0.1) is 0 Å². The summed E-state index contributed by atoms with van der Waals surface area (Å²) in [6, 6.07) is 0. The van der Waals surface area contributed by atoms with Crippen LogP contribution in [-0.4, -0.2) is 25.4 Å². The molecule has 0 aliphatic heterocycles. The fourth-order valence-corrected chi connectivity index (χ4v) is 3.39. The van der Waals surface area contributed by atoms with Crippen LogP contribution in [0.3, 0.4) is 0 Å². The maximum absolute atomic E-state index is 6.07. The molecular weight excluding hydrogens is 368 g/mol. The Morgan fingerprint density at radius 2 is 1.11 bits per heavy atom. The number of hydrogen-bond donors (Lipinski definition) is 0. The second kappa shape index (κ2) is 25.0. The van der Waals surface area contributed by atoms with Crippen LogP contribution in [0.4, 0.5) is 0 Å². The molecule has 0 amide bonds. The highest BCUT2D eigenvalue weighted by Gasteiger charge is 2.09. The van der Waals surface area contributed by atoms with Crippen molar-refractivity contribution in [2.24, 2.45) is 0 Å². The van der Waals surface area contributed by atoms with Gasteiger partial charge in [0, 0.05) is 19.1 Å². The molecule has 0 aromatic heterocycles. The second-order valence-electron chi connectivity index (χ2n) is 7.94. The summed E-state index contributed by atoms with van der Waals surface area (Å²) >= 11 is 5.69. The summed E-state index contributed by atoms with van der Waals surface area (Å²) < 4.78 is 12.1. The maximum atomic E-state index is 6.07. The summed E-state index contributed by atoms with van der Waals surface area (Å²) in [7, 11) is 0. The normalized spacial score (nSPS) is 11.9. The molecule has 0 heterocycles. The van der Waals surface area contributed by atoms with Gasteiger partial charge in [-0.2, -0.15) is 0 Å². The van der Waals surface area contributed by atoms with Crippen LogP contribution in [0.25, 0.3) is 0 Å². The van der Waals surface area contributed by atoms with E-state index in [1.807, 2.05) is 0 Å². The first-order chi connectivity index (χ1) is 13.8. The molecule has 0 spiro atoms. The molecule has 28 heavy (non-hydrogen) atoms. The van der Waals surface area contributed by atoms with Crippen LogP contribution < -0.4 is 0 Å². The van der Waals surface area contributed by atoms with Gasteiger partial charge in [0.15, 0.2) is 6.29 Å². The average Bonchev–Trinajstić information content (AvgIpc) is 2.71. The lowest BCUT2D eigenvalue weighted by molar-refractivity contribution is -0.148. The van der Waals surface area contributed by atoms with E-state index >= 15 is 0 Å². The summed E-state index contributed by atoms with van der Waals surface area (Å²) in [5.41, 5.74) is 0. The summed E-state index contributed by atoms with van der Waals surface area (Å²) in [4.78, 5) is 0. The number of ether oxygens (including phenoxy) is 2. The Hall–Kier alpha value is -0.0500. The SMILES string of the molecule is CCCCCCCOC(CCCCC/C=C\CCCCl)OCCCCCCC. The Morgan fingerprint density at radius 1 is 0.607 bits per heavy atom. The molecule has 0 radical (unpaired) electrons. The number of alkyl halides is 1. The molecule has 3 heteroatoms. The first kappa shape index (κ1) is 27.9. The van der Waals surface area contributed by atoms with Crippen LogP contribution in [0.15, 0.2) is 12.2 Å². The minimum atomic E-state index is 0.0108. The average molecular weight is 417 g/mol. The van der Waals surface area contributed by atoms with E-state index in [4.69, 9.17) is 21.1 Å². The van der Waals surface area contributed by atoms with Crippen molar-refractivity contribution in [1.82, 2.24) is 0 Å². The topological polar surface area (TPSA) is 18.5 Å². The van der Waals surface area contributed by atoms with Gasteiger partial charge in [-0.25, -0.2) is 0 Å². The number of hydrogen-bond acceptors (Lipinski definition) is 2. The van der Waals surface area contributed by atoms with Gasteiger partial charge in [0.25, 0.3) is 0 Å². The first-order valence-electron chi connectivity index (χ1n) is 12.3. The Labute approximate surface area is 181 Å². The predicted octanol–water partition coefficient (Wildman–Crippen LogP) is 8.81. The van der Waals surface area contributed by atoms with Crippen LogP contribution in [0.2, 0.25) is 0 Å². The summed E-state index contributed by atoms with van der Waals surface area (Å²) in [6.07, 6.45) is 25.6. The summed E-state index contributed by atoms with van der Waals surface area (Å²) in [6.45, 7) is 6.23. The van der Waals surface area contributed by atoms with Crippen LogP contribution in [0.5, 0.6) is 0 Å². The van der Waals surface area contributed by atoms with Gasteiger partial charge in [0.1, 0.15) is 0 Å². The smallest absolute Gasteiger partial charge is 0.157 e. The van der Waals surface area contributed by atoms with Crippen molar-refractivity contribution in [3.8, 4) is 0 Å². The number of allylic oxidation sites excluding steroid dienone is 2. The molecule has 0 aliphatic rings. The van der Waals surface area contributed by atoms with E-state index in [9.17, 15) is 0 Å². The van der Waals surface area contributed by atoms with Crippen molar-refractivity contribution in [1.29, 1.82) is 0 Å². The van der Waals surface area contributed by atoms with E-state index in [1.165, 1.54) is 89.9 Å². The molecule has 0 bridgehead atoms. The molecule has 0 atom stereocenters. The Bertz CT molecular complexity index is 291. The molecule has 0 aromatic carbocycles. The third kappa shape index (κ3) is 22.2. The van der Waals surface area contributed by atoms with E-state index in [1.54, 1.807) is 0 Å². The summed E-state index contributed by atoms with van der Waals surface area (Å²) in [5.74, 6) is 0.767. The van der Waals surface area contributed by atoms with Crippen molar-refractivity contribution in [2.45, 2.75) is 129 Å². The van der Waals surface area contributed by atoms with E-state index < -0.39 is 0 Å². The third-order valence-corrected chi connectivity index (χ3v) is 5.35. The van der Waals surface area contributed by atoms with Gasteiger partial charge < -0.3 is 9.47 Å². The largest absolute Gasteiger partial charge is 0.353 e. The minimum absolute atomic E-state index is 0.0108. The van der Waals surface area contributed by atoms with E-state index in [2.05, 4.69) is 26.0 Å². The van der Waals surface area contributed by atoms with Crippen molar-refractivity contribution >= 4 is 11.6 Å². The lowest BCUT2D eigenvalue weighted by Crippen LogP contribution is -2.19. The first-order valence-corrected chi connectivity index (χ1v) is 12.8. The maximum Gasteiger partial charge on any atom is 0.157 e. The van der Waals surface area contributed by atoms with Crippen LogP contribution in [0.1, 0.15) is 123 Å². The highest BCUT2D eigenvalue weighted by molar-refractivity contribution is 6.17. The standard InChI is InChI=1S/C25H49ClO2/c1-3-5-7-15-19-23-27-25(28-24-20-16-8-6-4-2)21-17-13-11-9-10-12-14-18-22-26/h10,12,25H,3-9,11,13-24H2,1-2H3/b12-10-. The van der Waals surface area contributed by atoms with Gasteiger partial charge in [-0.05, 0) is 51.4 Å². The molecule has 0 rings (SSSR count). The Morgan fingerprint density at radius 3 is 1.64 bits per heavy atom. The lowest BCUT2D eigenvalue weighted by Gasteiger charge is -2.19. The van der Waals surface area contributed by atoms with Gasteiger partial charge in [-0.15, -0.1) is 11.6 Å². The fraction of sp³-hybridized carbons (Fsp3) is 0.920. The zero-order valence-corrected chi connectivity index (χ0v) is 19.8. The number of halogens is 1. The molecule has 0 aromatic rings. The van der Waals surface area contributed by atoms with Gasteiger partial charge in [-0.1, -0.05) is 83.8 Å². The second-order valence-corrected chi connectivity index (χ2v) is 8.32. The van der Waals surface area contributed by atoms with Crippen LogP contribution in [0, 0.1) is 0 Å². The number of unbranched alkanes of at least 4 members (excludes halogenated alkanes) is 12. The van der Waals surface area contributed by atoms with E-state index in [-0.39, 0.29) is 6.29 Å².